The van der Waals surface area contributed by atoms with Crippen molar-refractivity contribution in [3.05, 3.63) is 42.0 Å². The summed E-state index contributed by atoms with van der Waals surface area (Å²) in [6, 6.07) is 10.8. The summed E-state index contributed by atoms with van der Waals surface area (Å²) in [5.74, 6) is 1.29. The van der Waals surface area contributed by atoms with Crippen LogP contribution in [0.2, 0.25) is 0 Å². The van der Waals surface area contributed by atoms with Crippen LogP contribution in [0.25, 0.3) is 10.2 Å². The summed E-state index contributed by atoms with van der Waals surface area (Å²) in [5.41, 5.74) is 1.69. The minimum absolute atomic E-state index is 0.103. The number of phenols is 1. The molecule has 0 amide bonds. The van der Waals surface area contributed by atoms with Crippen molar-refractivity contribution in [2.24, 2.45) is 4.99 Å². The van der Waals surface area contributed by atoms with E-state index < -0.39 is 0 Å². The molecule has 1 aromatic heterocycles. The number of benzene rings is 2. The number of hydrogen-bond donors (Lipinski definition) is 1. The zero-order valence-corrected chi connectivity index (χ0v) is 12.9. The van der Waals surface area contributed by atoms with Gasteiger partial charge in [0.15, 0.2) is 11.5 Å². The minimum Gasteiger partial charge on any atom is -0.504 e. The van der Waals surface area contributed by atoms with Gasteiger partial charge in [-0.3, -0.25) is 0 Å². The third kappa shape index (κ3) is 2.87. The number of fused-ring (bicyclic) bond motifs is 1. The molecule has 3 aromatic rings. The fraction of sp³-hybridized carbons (Fsp3) is 0.125. The molecular formula is C16H14N2O3S. The Morgan fingerprint density at radius 3 is 2.77 bits per heavy atom. The lowest BCUT2D eigenvalue weighted by molar-refractivity contribution is 0.373. The number of methoxy groups -OCH3 is 2. The van der Waals surface area contributed by atoms with Gasteiger partial charge in [0.05, 0.1) is 24.4 Å². The average molecular weight is 314 g/mol. The highest BCUT2D eigenvalue weighted by Crippen LogP contribution is 2.31. The van der Waals surface area contributed by atoms with Gasteiger partial charge < -0.3 is 14.6 Å². The number of ether oxygens (including phenoxy) is 2. The highest BCUT2D eigenvalue weighted by molar-refractivity contribution is 7.22. The van der Waals surface area contributed by atoms with Gasteiger partial charge in [-0.2, -0.15) is 0 Å². The maximum Gasteiger partial charge on any atom is 0.210 e. The highest BCUT2D eigenvalue weighted by atomic mass is 32.1. The van der Waals surface area contributed by atoms with Crippen LogP contribution in [0.1, 0.15) is 5.56 Å². The second-order valence-electron chi connectivity index (χ2n) is 4.52. The van der Waals surface area contributed by atoms with Crippen molar-refractivity contribution in [3.8, 4) is 17.2 Å². The smallest absolute Gasteiger partial charge is 0.210 e. The Labute approximate surface area is 131 Å². The summed E-state index contributed by atoms with van der Waals surface area (Å²) < 4.78 is 11.3. The van der Waals surface area contributed by atoms with E-state index in [1.807, 2.05) is 18.2 Å². The molecule has 22 heavy (non-hydrogen) atoms. The molecular weight excluding hydrogens is 300 g/mol. The first-order valence-electron chi connectivity index (χ1n) is 6.55. The summed E-state index contributed by atoms with van der Waals surface area (Å²) in [4.78, 5) is 8.84. The third-order valence-electron chi connectivity index (χ3n) is 3.11. The molecule has 0 aliphatic rings. The molecule has 0 unspecified atom stereocenters. The van der Waals surface area contributed by atoms with E-state index in [2.05, 4.69) is 9.98 Å². The van der Waals surface area contributed by atoms with Crippen LogP contribution in [0.5, 0.6) is 17.2 Å². The number of phenolic OH excluding ortho intramolecular Hbond substituents is 1. The summed E-state index contributed by atoms with van der Waals surface area (Å²) >= 11 is 1.50. The van der Waals surface area contributed by atoms with E-state index in [9.17, 15) is 5.11 Å². The fourth-order valence-electron chi connectivity index (χ4n) is 1.98. The van der Waals surface area contributed by atoms with Crippen molar-refractivity contribution in [2.75, 3.05) is 14.2 Å². The van der Waals surface area contributed by atoms with Gasteiger partial charge in [0.2, 0.25) is 5.13 Å². The summed E-state index contributed by atoms with van der Waals surface area (Å²) in [5, 5.41) is 10.2. The highest BCUT2D eigenvalue weighted by Gasteiger charge is 2.04. The Morgan fingerprint density at radius 1 is 1.14 bits per heavy atom. The summed E-state index contributed by atoms with van der Waals surface area (Å²) in [7, 11) is 3.14. The molecule has 0 radical (unpaired) electrons. The monoisotopic (exact) mass is 314 g/mol. The first kappa shape index (κ1) is 14.3. The van der Waals surface area contributed by atoms with E-state index in [-0.39, 0.29) is 5.75 Å². The van der Waals surface area contributed by atoms with Gasteiger partial charge in [-0.1, -0.05) is 11.3 Å². The van der Waals surface area contributed by atoms with Gasteiger partial charge in [0.1, 0.15) is 5.75 Å². The summed E-state index contributed by atoms with van der Waals surface area (Å²) in [6.45, 7) is 0. The van der Waals surface area contributed by atoms with E-state index in [1.54, 1.807) is 31.5 Å². The Kier molecular flexibility index (Phi) is 3.93. The third-order valence-corrected chi connectivity index (χ3v) is 4.06. The van der Waals surface area contributed by atoms with Crippen molar-refractivity contribution in [2.45, 2.75) is 0 Å². The van der Waals surface area contributed by atoms with Gasteiger partial charge in [0.25, 0.3) is 0 Å². The molecule has 1 N–H and O–H groups in total. The van der Waals surface area contributed by atoms with Crippen LogP contribution in [0.3, 0.4) is 0 Å². The van der Waals surface area contributed by atoms with Crippen LogP contribution >= 0.6 is 11.3 Å². The number of aromatic hydroxyl groups is 1. The molecule has 0 saturated heterocycles. The average Bonchev–Trinajstić information content (AvgIpc) is 2.95. The van der Waals surface area contributed by atoms with Crippen molar-refractivity contribution in [3.63, 3.8) is 0 Å². The maximum atomic E-state index is 9.57. The van der Waals surface area contributed by atoms with Crippen molar-refractivity contribution < 1.29 is 14.6 Å². The zero-order chi connectivity index (χ0) is 15.5. The SMILES string of the molecule is COc1ccc2sc(/N=C/c3ccc(O)c(OC)c3)nc2c1. The predicted molar refractivity (Wildman–Crippen MR) is 88.1 cm³/mol. The topological polar surface area (TPSA) is 63.9 Å². The number of thiazole rings is 1. The Bertz CT molecular complexity index is 843. The van der Waals surface area contributed by atoms with Crippen LogP contribution in [0.4, 0.5) is 5.13 Å². The van der Waals surface area contributed by atoms with Crippen LogP contribution in [-0.2, 0) is 0 Å². The zero-order valence-electron chi connectivity index (χ0n) is 12.1. The molecule has 0 fully saturated rings. The molecule has 3 rings (SSSR count). The minimum atomic E-state index is 0.103. The lowest BCUT2D eigenvalue weighted by Gasteiger charge is -2.02. The molecule has 112 valence electrons. The van der Waals surface area contributed by atoms with Crippen molar-refractivity contribution in [1.29, 1.82) is 0 Å². The van der Waals surface area contributed by atoms with Gasteiger partial charge in [-0.25, -0.2) is 9.98 Å². The lowest BCUT2D eigenvalue weighted by atomic mass is 10.2. The van der Waals surface area contributed by atoms with Gasteiger partial charge >= 0.3 is 0 Å². The molecule has 6 heteroatoms. The molecule has 0 atom stereocenters. The summed E-state index contributed by atoms with van der Waals surface area (Å²) in [6.07, 6.45) is 1.69. The van der Waals surface area contributed by atoms with Crippen LogP contribution in [0, 0.1) is 0 Å². The van der Waals surface area contributed by atoms with E-state index in [4.69, 9.17) is 9.47 Å². The second-order valence-corrected chi connectivity index (χ2v) is 5.53. The molecule has 0 saturated carbocycles. The van der Waals surface area contributed by atoms with Crippen LogP contribution < -0.4 is 9.47 Å². The molecule has 0 aliphatic heterocycles. The molecule has 5 nitrogen and oxygen atoms in total. The fourth-order valence-corrected chi connectivity index (χ4v) is 2.77. The number of aromatic nitrogens is 1. The molecule has 0 bridgehead atoms. The van der Waals surface area contributed by atoms with E-state index in [1.165, 1.54) is 18.4 Å². The van der Waals surface area contributed by atoms with Crippen LogP contribution in [-0.4, -0.2) is 30.5 Å². The second kappa shape index (κ2) is 6.03. The Morgan fingerprint density at radius 2 is 2.00 bits per heavy atom. The van der Waals surface area contributed by atoms with E-state index >= 15 is 0 Å². The first-order chi connectivity index (χ1) is 10.7. The number of aliphatic imine (C=N–C) groups is 1. The number of rotatable bonds is 4. The maximum absolute atomic E-state index is 9.57. The molecule has 0 spiro atoms. The molecule has 1 heterocycles. The normalized spacial score (nSPS) is 11.2. The van der Waals surface area contributed by atoms with Crippen LogP contribution in [0.15, 0.2) is 41.4 Å². The Hall–Kier alpha value is -2.60. The van der Waals surface area contributed by atoms with E-state index in [0.717, 1.165) is 21.5 Å². The van der Waals surface area contributed by atoms with Crippen molar-refractivity contribution in [1.82, 2.24) is 4.98 Å². The lowest BCUT2D eigenvalue weighted by Crippen LogP contribution is -1.86. The van der Waals surface area contributed by atoms with Gasteiger partial charge in [0, 0.05) is 12.3 Å². The van der Waals surface area contributed by atoms with Crippen molar-refractivity contribution >= 4 is 32.9 Å². The predicted octanol–water partition coefficient (Wildman–Crippen LogP) is 3.77. The van der Waals surface area contributed by atoms with E-state index in [0.29, 0.717) is 10.9 Å². The Balaban J connectivity index is 1.88. The molecule has 2 aromatic carbocycles. The first-order valence-corrected chi connectivity index (χ1v) is 7.37. The largest absolute Gasteiger partial charge is 0.504 e. The quantitative estimate of drug-likeness (QED) is 0.745. The number of hydrogen-bond acceptors (Lipinski definition) is 6. The molecule has 0 aliphatic carbocycles. The standard InChI is InChI=1S/C16H14N2O3S/c1-20-11-4-6-15-12(8-11)18-16(22-15)17-9-10-3-5-13(19)14(7-10)21-2/h3-9,19H,1-2H3/b17-9+. The van der Waals surface area contributed by atoms with Gasteiger partial charge in [-0.15, -0.1) is 0 Å². The van der Waals surface area contributed by atoms with Gasteiger partial charge in [-0.05, 0) is 35.9 Å². The number of nitrogens with zero attached hydrogens (tertiary/aromatic N) is 2.